The molecule has 0 aliphatic carbocycles. The van der Waals surface area contributed by atoms with E-state index in [0.29, 0.717) is 18.2 Å². The predicted octanol–water partition coefficient (Wildman–Crippen LogP) is 0.906. The van der Waals surface area contributed by atoms with E-state index in [-0.39, 0.29) is 5.84 Å². The molecule has 0 aliphatic rings. The van der Waals surface area contributed by atoms with Crippen LogP contribution in [0.5, 0.6) is 0 Å². The number of nitrogens with one attached hydrogen (secondary N) is 1. The van der Waals surface area contributed by atoms with Gasteiger partial charge in [0.15, 0.2) is 5.84 Å². The van der Waals surface area contributed by atoms with Crippen molar-refractivity contribution < 1.29 is 9.94 Å². The number of nitrogens with zero attached hydrogens (tertiary/aromatic N) is 1. The highest BCUT2D eigenvalue weighted by Crippen LogP contribution is 2.04. The summed E-state index contributed by atoms with van der Waals surface area (Å²) < 4.78 is 5.03. The third kappa shape index (κ3) is 4.42. The quantitative estimate of drug-likeness (QED) is 0.297. The standard InChI is InChI=1S/C12H19N3O2/c1-9(8-17-2)14-7-10-3-5-11(6-4-10)12(13)15-16/h3-6,9,14,16H,7-8H2,1-2H3,(H2,13,15). The zero-order valence-electron chi connectivity index (χ0n) is 10.2. The number of ether oxygens (including phenoxy) is 1. The lowest BCUT2D eigenvalue weighted by Crippen LogP contribution is -2.29. The van der Waals surface area contributed by atoms with Crippen LogP contribution in [-0.4, -0.2) is 30.8 Å². The Morgan fingerprint density at radius 1 is 1.47 bits per heavy atom. The molecule has 1 unspecified atom stereocenters. The Hall–Kier alpha value is -1.59. The van der Waals surface area contributed by atoms with Crippen molar-refractivity contribution in [1.29, 1.82) is 0 Å². The van der Waals surface area contributed by atoms with E-state index in [1.165, 1.54) is 0 Å². The maximum Gasteiger partial charge on any atom is 0.170 e. The second-order valence-corrected chi connectivity index (χ2v) is 3.92. The van der Waals surface area contributed by atoms with Crippen molar-refractivity contribution in [3.05, 3.63) is 35.4 Å². The fourth-order valence-corrected chi connectivity index (χ4v) is 1.45. The molecular formula is C12H19N3O2. The molecule has 4 N–H and O–H groups in total. The molecule has 0 aliphatic heterocycles. The Balaban J connectivity index is 2.51. The van der Waals surface area contributed by atoms with E-state index in [4.69, 9.17) is 15.7 Å². The van der Waals surface area contributed by atoms with Gasteiger partial charge in [-0.05, 0) is 12.5 Å². The highest BCUT2D eigenvalue weighted by atomic mass is 16.5. The monoisotopic (exact) mass is 237 g/mol. The van der Waals surface area contributed by atoms with Crippen LogP contribution in [0, 0.1) is 0 Å². The van der Waals surface area contributed by atoms with E-state index in [1.54, 1.807) is 7.11 Å². The van der Waals surface area contributed by atoms with Crippen LogP contribution in [0.15, 0.2) is 29.4 Å². The number of nitrogens with two attached hydrogens (primary N) is 1. The maximum atomic E-state index is 8.53. The van der Waals surface area contributed by atoms with Gasteiger partial charge in [-0.25, -0.2) is 0 Å². The largest absolute Gasteiger partial charge is 0.409 e. The third-order valence-electron chi connectivity index (χ3n) is 2.43. The lowest BCUT2D eigenvalue weighted by molar-refractivity contribution is 0.171. The summed E-state index contributed by atoms with van der Waals surface area (Å²) in [6.07, 6.45) is 0. The summed E-state index contributed by atoms with van der Waals surface area (Å²) in [7, 11) is 1.68. The number of amidine groups is 1. The molecule has 0 spiro atoms. The molecule has 17 heavy (non-hydrogen) atoms. The second-order valence-electron chi connectivity index (χ2n) is 3.92. The van der Waals surface area contributed by atoms with Crippen molar-refractivity contribution in [1.82, 2.24) is 5.32 Å². The first kappa shape index (κ1) is 13.5. The zero-order chi connectivity index (χ0) is 12.7. The van der Waals surface area contributed by atoms with Crippen molar-refractivity contribution in [2.75, 3.05) is 13.7 Å². The predicted molar refractivity (Wildman–Crippen MR) is 67.1 cm³/mol. The van der Waals surface area contributed by atoms with E-state index in [2.05, 4.69) is 17.4 Å². The van der Waals surface area contributed by atoms with Gasteiger partial charge >= 0.3 is 0 Å². The summed E-state index contributed by atoms with van der Waals surface area (Å²) in [5, 5.41) is 14.8. The number of benzene rings is 1. The topological polar surface area (TPSA) is 79.9 Å². The molecule has 0 aromatic heterocycles. The number of oxime groups is 1. The van der Waals surface area contributed by atoms with Gasteiger partial charge in [-0.3, -0.25) is 0 Å². The number of methoxy groups -OCH3 is 1. The van der Waals surface area contributed by atoms with Crippen LogP contribution in [0.2, 0.25) is 0 Å². The molecule has 0 saturated heterocycles. The van der Waals surface area contributed by atoms with Gasteiger partial charge in [0.1, 0.15) is 0 Å². The van der Waals surface area contributed by atoms with Crippen LogP contribution in [0.4, 0.5) is 0 Å². The Morgan fingerprint density at radius 2 is 2.12 bits per heavy atom. The van der Waals surface area contributed by atoms with Crippen molar-refractivity contribution >= 4 is 5.84 Å². The Morgan fingerprint density at radius 3 is 2.65 bits per heavy atom. The Kier molecular flexibility index (Phi) is 5.45. The average molecular weight is 237 g/mol. The summed E-state index contributed by atoms with van der Waals surface area (Å²) in [5.74, 6) is 0.122. The first-order chi connectivity index (χ1) is 8.17. The highest BCUT2D eigenvalue weighted by molar-refractivity contribution is 5.96. The van der Waals surface area contributed by atoms with Crippen LogP contribution in [-0.2, 0) is 11.3 Å². The molecule has 94 valence electrons. The van der Waals surface area contributed by atoms with Gasteiger partial charge < -0.3 is 21.0 Å². The van der Waals surface area contributed by atoms with Crippen LogP contribution in [0.1, 0.15) is 18.1 Å². The fourth-order valence-electron chi connectivity index (χ4n) is 1.45. The molecule has 1 aromatic carbocycles. The summed E-state index contributed by atoms with van der Waals surface area (Å²) in [6.45, 7) is 3.51. The van der Waals surface area contributed by atoms with Gasteiger partial charge in [0.05, 0.1) is 6.61 Å². The zero-order valence-corrected chi connectivity index (χ0v) is 10.2. The molecule has 1 rings (SSSR count). The van der Waals surface area contributed by atoms with Crippen LogP contribution >= 0.6 is 0 Å². The highest BCUT2D eigenvalue weighted by Gasteiger charge is 2.02. The van der Waals surface area contributed by atoms with Crippen molar-refractivity contribution in [3.8, 4) is 0 Å². The molecule has 0 saturated carbocycles. The molecule has 1 aromatic rings. The van der Waals surface area contributed by atoms with Crippen LogP contribution < -0.4 is 11.1 Å². The van der Waals surface area contributed by atoms with Gasteiger partial charge in [0.2, 0.25) is 0 Å². The molecule has 0 bridgehead atoms. The molecule has 1 atom stereocenters. The van der Waals surface area contributed by atoms with Gasteiger partial charge in [-0.2, -0.15) is 0 Å². The molecule has 0 fully saturated rings. The first-order valence-electron chi connectivity index (χ1n) is 5.46. The Bertz CT molecular complexity index is 363. The minimum Gasteiger partial charge on any atom is -0.409 e. The number of rotatable bonds is 6. The Labute approximate surface area is 101 Å². The fraction of sp³-hybridized carbons (Fsp3) is 0.417. The molecule has 0 radical (unpaired) electrons. The van der Waals surface area contributed by atoms with E-state index < -0.39 is 0 Å². The first-order valence-corrected chi connectivity index (χ1v) is 5.46. The second kappa shape index (κ2) is 6.88. The van der Waals surface area contributed by atoms with E-state index in [0.717, 1.165) is 12.1 Å². The maximum absolute atomic E-state index is 8.53. The number of hydrogen-bond acceptors (Lipinski definition) is 4. The normalized spacial score (nSPS) is 13.6. The summed E-state index contributed by atoms with van der Waals surface area (Å²) >= 11 is 0. The van der Waals surface area contributed by atoms with E-state index in [1.807, 2.05) is 24.3 Å². The van der Waals surface area contributed by atoms with Gasteiger partial charge in [0, 0.05) is 25.3 Å². The minimum atomic E-state index is 0.122. The van der Waals surface area contributed by atoms with Crippen molar-refractivity contribution in [2.24, 2.45) is 10.9 Å². The van der Waals surface area contributed by atoms with Crippen molar-refractivity contribution in [3.63, 3.8) is 0 Å². The summed E-state index contributed by atoms with van der Waals surface area (Å²) in [5.41, 5.74) is 7.32. The van der Waals surface area contributed by atoms with Crippen LogP contribution in [0.3, 0.4) is 0 Å². The molecular weight excluding hydrogens is 218 g/mol. The van der Waals surface area contributed by atoms with Crippen molar-refractivity contribution in [2.45, 2.75) is 19.5 Å². The van der Waals surface area contributed by atoms with E-state index >= 15 is 0 Å². The summed E-state index contributed by atoms with van der Waals surface area (Å²) in [4.78, 5) is 0. The molecule has 0 amide bonds. The van der Waals surface area contributed by atoms with Gasteiger partial charge in [-0.15, -0.1) is 0 Å². The lowest BCUT2D eigenvalue weighted by Gasteiger charge is -2.12. The van der Waals surface area contributed by atoms with Crippen LogP contribution in [0.25, 0.3) is 0 Å². The minimum absolute atomic E-state index is 0.122. The van der Waals surface area contributed by atoms with Gasteiger partial charge in [-0.1, -0.05) is 29.4 Å². The van der Waals surface area contributed by atoms with Gasteiger partial charge in [0.25, 0.3) is 0 Å². The summed E-state index contributed by atoms with van der Waals surface area (Å²) in [6, 6.07) is 7.85. The average Bonchev–Trinajstić information content (AvgIpc) is 2.36. The SMILES string of the molecule is COCC(C)NCc1ccc(C(N)=NO)cc1. The smallest absolute Gasteiger partial charge is 0.170 e. The molecule has 0 heterocycles. The lowest BCUT2D eigenvalue weighted by atomic mass is 10.1. The molecule has 5 heteroatoms. The molecule has 5 nitrogen and oxygen atoms in total. The van der Waals surface area contributed by atoms with E-state index in [9.17, 15) is 0 Å². The number of hydrogen-bond donors (Lipinski definition) is 3. The third-order valence-corrected chi connectivity index (χ3v) is 2.43.